The van der Waals surface area contributed by atoms with Gasteiger partial charge < -0.3 is 9.53 Å². The third-order valence-corrected chi connectivity index (χ3v) is 5.93. The number of rotatable bonds is 6. The van der Waals surface area contributed by atoms with Gasteiger partial charge >= 0.3 is 15.5 Å². The minimum Gasteiger partial charge on any atom is -0.861 e. The van der Waals surface area contributed by atoms with E-state index in [1.54, 1.807) is 0 Å². The molecular formula is C8H15F3NO4SSi-. The number of sulfonamides is 1. The fourth-order valence-electron chi connectivity index (χ4n) is 0.999. The molecule has 0 aromatic rings. The molecule has 0 spiro atoms. The molecule has 0 N–H and O–H groups in total. The fourth-order valence-corrected chi connectivity index (χ4v) is 2.69. The van der Waals surface area contributed by atoms with Gasteiger partial charge in [-0.2, -0.15) is 26.0 Å². The van der Waals surface area contributed by atoms with Crippen molar-refractivity contribution in [3.05, 3.63) is 0 Å². The van der Waals surface area contributed by atoms with E-state index in [9.17, 15) is 26.7 Å². The monoisotopic (exact) mass is 306 g/mol. The molecule has 0 saturated carbocycles. The van der Waals surface area contributed by atoms with E-state index in [2.05, 4.69) is 4.40 Å². The van der Waals surface area contributed by atoms with Crippen LogP contribution in [0.1, 0.15) is 12.8 Å². The highest BCUT2D eigenvalue weighted by molar-refractivity contribution is 7.91. The molecule has 0 heterocycles. The van der Waals surface area contributed by atoms with Gasteiger partial charge in [0.15, 0.2) is 8.32 Å². The Balaban J connectivity index is 4.49. The summed E-state index contributed by atoms with van der Waals surface area (Å²) in [4.78, 5) is 0. The fraction of sp³-hybridized carbons (Fsp3) is 0.875. The molecule has 18 heavy (non-hydrogen) atoms. The van der Waals surface area contributed by atoms with Crippen LogP contribution in [0.15, 0.2) is 4.40 Å². The van der Waals surface area contributed by atoms with E-state index < -0.39 is 29.7 Å². The molecule has 0 amide bonds. The standard InChI is InChI=1S/C8H16F3NO4SSi/c1-16-18(2,3)6-4-5-7(13)12-17(14,15)8(9,10)11/h4-6H2,1-3H3,(H,12,13)/p-1. The zero-order chi connectivity index (χ0) is 14.6. The van der Waals surface area contributed by atoms with E-state index in [0.29, 0.717) is 6.04 Å². The van der Waals surface area contributed by atoms with Crippen LogP contribution < -0.4 is 5.11 Å². The minimum absolute atomic E-state index is 0.253. The van der Waals surface area contributed by atoms with Gasteiger partial charge in [0.25, 0.3) is 0 Å². The van der Waals surface area contributed by atoms with Crippen LogP contribution in [0.25, 0.3) is 0 Å². The van der Waals surface area contributed by atoms with Gasteiger partial charge in [0.05, 0.1) is 0 Å². The van der Waals surface area contributed by atoms with Crippen LogP contribution in [0.3, 0.4) is 0 Å². The lowest BCUT2D eigenvalue weighted by atomic mass is 10.3. The van der Waals surface area contributed by atoms with Crippen molar-refractivity contribution < 1.29 is 31.1 Å². The molecule has 0 aliphatic rings. The van der Waals surface area contributed by atoms with E-state index in [4.69, 9.17) is 4.43 Å². The van der Waals surface area contributed by atoms with Crippen LogP contribution in [0.4, 0.5) is 13.2 Å². The third kappa shape index (κ3) is 5.82. The molecule has 0 unspecified atom stereocenters. The van der Waals surface area contributed by atoms with E-state index in [-0.39, 0.29) is 12.8 Å². The predicted molar refractivity (Wildman–Crippen MR) is 60.9 cm³/mol. The maximum Gasteiger partial charge on any atom is 0.518 e. The molecule has 5 nitrogen and oxygen atoms in total. The maximum absolute atomic E-state index is 11.9. The van der Waals surface area contributed by atoms with Gasteiger partial charge in [-0.25, -0.2) is 0 Å². The number of hydrogen-bond donors (Lipinski definition) is 0. The molecule has 0 radical (unpaired) electrons. The first-order valence-electron chi connectivity index (χ1n) is 5.03. The summed E-state index contributed by atoms with van der Waals surface area (Å²) in [6.45, 7) is 3.75. The number of alkyl halides is 3. The summed E-state index contributed by atoms with van der Waals surface area (Å²) in [7, 11) is -6.10. The van der Waals surface area contributed by atoms with Crippen molar-refractivity contribution in [3.63, 3.8) is 0 Å². The zero-order valence-corrected chi connectivity index (χ0v) is 12.1. The van der Waals surface area contributed by atoms with Crippen molar-refractivity contribution in [2.75, 3.05) is 7.11 Å². The van der Waals surface area contributed by atoms with E-state index >= 15 is 0 Å². The second-order valence-corrected chi connectivity index (χ2v) is 10.2. The molecule has 0 rings (SSSR count). The highest BCUT2D eigenvalue weighted by Crippen LogP contribution is 2.24. The minimum atomic E-state index is -5.71. The summed E-state index contributed by atoms with van der Waals surface area (Å²) in [5, 5.41) is 11.0. The summed E-state index contributed by atoms with van der Waals surface area (Å²) in [6, 6.07) is 0.539. The summed E-state index contributed by atoms with van der Waals surface area (Å²) >= 11 is 0. The Hall–Kier alpha value is -0.613. The Morgan fingerprint density at radius 3 is 2.28 bits per heavy atom. The number of hydrogen-bond acceptors (Lipinski definition) is 4. The molecule has 0 bridgehead atoms. The van der Waals surface area contributed by atoms with Crippen LogP contribution in [0, 0.1) is 0 Å². The molecule has 108 valence electrons. The van der Waals surface area contributed by atoms with Gasteiger partial charge in [-0.1, -0.05) is 0 Å². The van der Waals surface area contributed by atoms with Crippen LogP contribution in [0.5, 0.6) is 0 Å². The molecule has 0 aliphatic carbocycles. The summed E-state index contributed by atoms with van der Waals surface area (Å²) in [5.74, 6) is -1.28. The molecule has 0 atom stereocenters. The Labute approximate surface area is 105 Å². The summed E-state index contributed by atoms with van der Waals surface area (Å²) in [5.41, 5.74) is -5.52. The Morgan fingerprint density at radius 1 is 1.39 bits per heavy atom. The average molecular weight is 306 g/mol. The van der Waals surface area contributed by atoms with Crippen molar-refractivity contribution in [2.45, 2.75) is 37.5 Å². The van der Waals surface area contributed by atoms with E-state index in [1.165, 1.54) is 7.11 Å². The van der Waals surface area contributed by atoms with Crippen molar-refractivity contribution in [1.29, 1.82) is 0 Å². The van der Waals surface area contributed by atoms with Crippen molar-refractivity contribution in [1.82, 2.24) is 0 Å². The average Bonchev–Trinajstić information content (AvgIpc) is 2.14. The predicted octanol–water partition coefficient (Wildman–Crippen LogP) is 1.23. The van der Waals surface area contributed by atoms with Gasteiger partial charge in [-0.15, -0.1) is 0 Å². The van der Waals surface area contributed by atoms with E-state index in [1.807, 2.05) is 13.1 Å². The largest absolute Gasteiger partial charge is 0.861 e. The van der Waals surface area contributed by atoms with Crippen molar-refractivity contribution in [2.24, 2.45) is 4.40 Å². The summed E-state index contributed by atoms with van der Waals surface area (Å²) in [6.07, 6.45) is -0.0854. The topological polar surface area (TPSA) is 78.8 Å². The van der Waals surface area contributed by atoms with Crippen LogP contribution in [-0.4, -0.2) is 35.3 Å². The Kier molecular flexibility index (Phi) is 5.81. The van der Waals surface area contributed by atoms with E-state index in [0.717, 1.165) is 0 Å². The molecular weight excluding hydrogens is 291 g/mol. The van der Waals surface area contributed by atoms with Crippen LogP contribution >= 0.6 is 0 Å². The molecule has 10 heteroatoms. The highest BCUT2D eigenvalue weighted by atomic mass is 32.2. The lowest BCUT2D eigenvalue weighted by molar-refractivity contribution is -0.218. The summed E-state index contributed by atoms with van der Waals surface area (Å²) < 4.78 is 64.2. The second-order valence-electron chi connectivity index (χ2n) is 4.22. The lowest BCUT2D eigenvalue weighted by Gasteiger charge is -2.20. The molecule has 0 fully saturated rings. The van der Waals surface area contributed by atoms with Gasteiger partial charge in [-0.05, 0) is 37.9 Å². The molecule has 0 aromatic heterocycles. The van der Waals surface area contributed by atoms with Crippen molar-refractivity contribution >= 4 is 24.2 Å². The molecule has 0 saturated heterocycles. The maximum atomic E-state index is 11.9. The molecule has 0 aliphatic heterocycles. The third-order valence-electron chi connectivity index (χ3n) is 2.24. The lowest BCUT2D eigenvalue weighted by Crippen LogP contribution is -2.30. The highest BCUT2D eigenvalue weighted by Gasteiger charge is 2.45. The Morgan fingerprint density at radius 2 is 1.89 bits per heavy atom. The smallest absolute Gasteiger partial charge is 0.518 e. The quantitative estimate of drug-likeness (QED) is 0.420. The van der Waals surface area contributed by atoms with Gasteiger partial charge in [0.2, 0.25) is 0 Å². The number of halogens is 3. The number of nitrogens with zero attached hydrogens (tertiary/aromatic N) is 1. The van der Waals surface area contributed by atoms with Gasteiger partial charge in [-0.3, -0.25) is 0 Å². The Bertz CT molecular complexity index is 405. The van der Waals surface area contributed by atoms with Crippen LogP contribution in [0.2, 0.25) is 19.1 Å². The zero-order valence-electron chi connectivity index (χ0n) is 10.2. The normalized spacial score (nSPS) is 14.9. The van der Waals surface area contributed by atoms with Gasteiger partial charge in [0.1, 0.15) is 0 Å². The first-order chi connectivity index (χ1) is 7.91. The van der Waals surface area contributed by atoms with Crippen LogP contribution in [-0.2, 0) is 14.4 Å². The molecule has 0 aromatic carbocycles. The second kappa shape index (κ2) is 6.02. The van der Waals surface area contributed by atoms with Gasteiger partial charge in [0, 0.05) is 7.11 Å². The first-order valence-corrected chi connectivity index (χ1v) is 9.59. The first kappa shape index (κ1) is 17.4. The SMILES string of the molecule is CO[Si](C)(C)CCC/C([O-])=N\S(=O)(=O)C(F)(F)F. The van der Waals surface area contributed by atoms with Crippen molar-refractivity contribution in [3.8, 4) is 0 Å².